The molecule has 6 nitrogen and oxygen atoms in total. The van der Waals surface area contributed by atoms with Crippen LogP contribution < -0.4 is 5.73 Å². The molecule has 0 aromatic heterocycles. The van der Waals surface area contributed by atoms with Crippen molar-refractivity contribution in [1.82, 2.24) is 4.31 Å². The molecule has 2 N–H and O–H groups in total. The van der Waals surface area contributed by atoms with Crippen molar-refractivity contribution in [3.05, 3.63) is 29.8 Å². The second kappa shape index (κ2) is 7.05. The number of methoxy groups -OCH3 is 1. The van der Waals surface area contributed by atoms with E-state index in [1.165, 1.54) is 26.3 Å². The van der Waals surface area contributed by atoms with Gasteiger partial charge in [-0.1, -0.05) is 17.9 Å². The van der Waals surface area contributed by atoms with Crippen LogP contribution in [-0.2, 0) is 19.6 Å². The Morgan fingerprint density at radius 3 is 2.75 bits per heavy atom. The second-order valence-electron chi connectivity index (χ2n) is 3.87. The summed E-state index contributed by atoms with van der Waals surface area (Å²) >= 11 is 0. The van der Waals surface area contributed by atoms with Gasteiger partial charge in [0.05, 0.1) is 18.6 Å². The van der Waals surface area contributed by atoms with Crippen molar-refractivity contribution in [2.75, 3.05) is 27.2 Å². The zero-order valence-electron chi connectivity index (χ0n) is 11.3. The SMILES string of the molecule is COC(=O)CN(C)S(=O)(=O)c1cccc(C#CCN)c1. The highest BCUT2D eigenvalue weighted by Gasteiger charge is 2.23. The number of carbonyl (C=O) groups is 1. The van der Waals surface area contributed by atoms with E-state index in [9.17, 15) is 13.2 Å². The summed E-state index contributed by atoms with van der Waals surface area (Å²) in [6.07, 6.45) is 0. The summed E-state index contributed by atoms with van der Waals surface area (Å²) < 4.78 is 29.9. The number of ether oxygens (including phenoxy) is 1. The number of rotatable bonds is 4. The molecule has 0 aliphatic rings. The Morgan fingerprint density at radius 1 is 1.45 bits per heavy atom. The number of likely N-dealkylation sites (N-methyl/N-ethyl adjacent to an activating group) is 1. The number of benzene rings is 1. The molecule has 0 fully saturated rings. The number of carbonyl (C=O) groups excluding carboxylic acids is 1. The molecule has 1 aromatic rings. The fraction of sp³-hybridized carbons (Fsp3) is 0.308. The lowest BCUT2D eigenvalue weighted by molar-refractivity contribution is -0.140. The number of hydrogen-bond acceptors (Lipinski definition) is 5. The largest absolute Gasteiger partial charge is 0.468 e. The lowest BCUT2D eigenvalue weighted by Crippen LogP contribution is -2.32. The second-order valence-corrected chi connectivity index (χ2v) is 5.92. The van der Waals surface area contributed by atoms with Crippen molar-refractivity contribution in [3.63, 3.8) is 0 Å². The predicted octanol–water partition coefficient (Wildman–Crippen LogP) is -0.210. The molecule has 0 aliphatic heterocycles. The molecule has 108 valence electrons. The molecule has 1 aromatic carbocycles. The Morgan fingerprint density at radius 2 is 2.15 bits per heavy atom. The normalized spacial score (nSPS) is 10.8. The van der Waals surface area contributed by atoms with Crippen LogP contribution in [0, 0.1) is 11.8 Å². The summed E-state index contributed by atoms with van der Waals surface area (Å²) in [5, 5.41) is 0. The Bertz CT molecular complexity index is 644. The van der Waals surface area contributed by atoms with Crippen molar-refractivity contribution < 1.29 is 17.9 Å². The minimum absolute atomic E-state index is 0.0627. The van der Waals surface area contributed by atoms with Crippen LogP contribution in [0.5, 0.6) is 0 Å². The molecule has 0 saturated heterocycles. The maximum atomic E-state index is 12.3. The van der Waals surface area contributed by atoms with Gasteiger partial charge < -0.3 is 10.5 Å². The molecule has 0 saturated carbocycles. The van der Waals surface area contributed by atoms with Crippen molar-refractivity contribution in [3.8, 4) is 11.8 Å². The van der Waals surface area contributed by atoms with Gasteiger partial charge in [-0.3, -0.25) is 4.79 Å². The Hall–Kier alpha value is -1.88. The van der Waals surface area contributed by atoms with Gasteiger partial charge in [0.25, 0.3) is 0 Å². The van der Waals surface area contributed by atoms with E-state index in [0.717, 1.165) is 4.31 Å². The van der Waals surface area contributed by atoms with Gasteiger partial charge in [-0.05, 0) is 18.2 Å². The number of nitrogens with zero attached hydrogens (tertiary/aromatic N) is 1. The first-order valence-corrected chi connectivity index (χ1v) is 7.18. The molecule has 7 heteroatoms. The van der Waals surface area contributed by atoms with Gasteiger partial charge in [0.15, 0.2) is 0 Å². The maximum absolute atomic E-state index is 12.3. The molecular formula is C13H16N2O4S. The predicted molar refractivity (Wildman–Crippen MR) is 74.2 cm³/mol. The summed E-state index contributed by atoms with van der Waals surface area (Å²) in [6, 6.07) is 6.14. The smallest absolute Gasteiger partial charge is 0.321 e. The van der Waals surface area contributed by atoms with Gasteiger partial charge in [-0.15, -0.1) is 0 Å². The van der Waals surface area contributed by atoms with Gasteiger partial charge in [-0.25, -0.2) is 8.42 Å². The van der Waals surface area contributed by atoms with E-state index < -0.39 is 16.0 Å². The van der Waals surface area contributed by atoms with Gasteiger partial charge in [0, 0.05) is 12.6 Å². The van der Waals surface area contributed by atoms with E-state index in [2.05, 4.69) is 16.6 Å². The fourth-order valence-electron chi connectivity index (χ4n) is 1.40. The molecule has 0 bridgehead atoms. The maximum Gasteiger partial charge on any atom is 0.321 e. The number of hydrogen-bond donors (Lipinski definition) is 1. The molecule has 0 unspecified atom stereocenters. The summed E-state index contributed by atoms with van der Waals surface area (Å²) in [7, 11) is -1.25. The van der Waals surface area contributed by atoms with Gasteiger partial charge in [-0.2, -0.15) is 4.31 Å². The van der Waals surface area contributed by atoms with Crippen molar-refractivity contribution in [2.24, 2.45) is 5.73 Å². The zero-order chi connectivity index (χ0) is 15.2. The van der Waals surface area contributed by atoms with E-state index in [0.29, 0.717) is 5.56 Å². The lowest BCUT2D eigenvalue weighted by atomic mass is 10.2. The zero-order valence-corrected chi connectivity index (χ0v) is 12.1. The first kappa shape index (κ1) is 16.2. The van der Waals surface area contributed by atoms with Crippen molar-refractivity contribution in [1.29, 1.82) is 0 Å². The highest BCUT2D eigenvalue weighted by Crippen LogP contribution is 2.15. The summed E-state index contributed by atoms with van der Waals surface area (Å²) in [4.78, 5) is 11.2. The van der Waals surface area contributed by atoms with E-state index >= 15 is 0 Å². The average Bonchev–Trinajstić information content (AvgIpc) is 2.45. The third kappa shape index (κ3) is 4.06. The van der Waals surface area contributed by atoms with Crippen LogP contribution in [-0.4, -0.2) is 45.9 Å². The van der Waals surface area contributed by atoms with Gasteiger partial charge in [0.2, 0.25) is 10.0 Å². The standard InChI is InChI=1S/C13H16N2O4S/c1-15(10-13(16)19-2)20(17,18)12-7-3-5-11(9-12)6-4-8-14/h3,5,7,9H,8,10,14H2,1-2H3. The van der Waals surface area contributed by atoms with E-state index in [1.54, 1.807) is 12.1 Å². The van der Waals surface area contributed by atoms with E-state index in [4.69, 9.17) is 5.73 Å². The minimum Gasteiger partial charge on any atom is -0.468 e. The lowest BCUT2D eigenvalue weighted by Gasteiger charge is -2.15. The summed E-state index contributed by atoms with van der Waals surface area (Å²) in [5.74, 6) is 4.78. The Labute approximate surface area is 118 Å². The molecule has 20 heavy (non-hydrogen) atoms. The molecule has 0 spiro atoms. The van der Waals surface area contributed by atoms with Gasteiger partial charge >= 0.3 is 5.97 Å². The topological polar surface area (TPSA) is 89.7 Å². The highest BCUT2D eigenvalue weighted by molar-refractivity contribution is 7.89. The molecule has 1 rings (SSSR count). The van der Waals surface area contributed by atoms with E-state index in [1.807, 2.05) is 0 Å². The third-order valence-corrected chi connectivity index (χ3v) is 4.26. The Balaban J connectivity index is 3.06. The van der Waals surface area contributed by atoms with Crippen LogP contribution in [0.15, 0.2) is 29.2 Å². The Kier molecular flexibility index (Phi) is 5.70. The highest BCUT2D eigenvalue weighted by atomic mass is 32.2. The van der Waals surface area contributed by atoms with Crippen LogP contribution in [0.4, 0.5) is 0 Å². The molecule has 0 radical (unpaired) electrons. The fourth-order valence-corrected chi connectivity index (χ4v) is 2.56. The van der Waals surface area contributed by atoms with Crippen LogP contribution in [0.3, 0.4) is 0 Å². The first-order chi connectivity index (χ1) is 9.41. The van der Waals surface area contributed by atoms with Gasteiger partial charge in [0.1, 0.15) is 6.54 Å². The van der Waals surface area contributed by atoms with Crippen LogP contribution in [0.25, 0.3) is 0 Å². The van der Waals surface area contributed by atoms with E-state index in [-0.39, 0.29) is 18.0 Å². The van der Waals surface area contributed by atoms with Crippen molar-refractivity contribution in [2.45, 2.75) is 4.90 Å². The summed E-state index contributed by atoms with van der Waals surface area (Å²) in [5.41, 5.74) is 5.81. The average molecular weight is 296 g/mol. The number of nitrogens with two attached hydrogens (primary N) is 1. The van der Waals surface area contributed by atoms with Crippen LogP contribution in [0.2, 0.25) is 0 Å². The monoisotopic (exact) mass is 296 g/mol. The third-order valence-electron chi connectivity index (χ3n) is 2.46. The first-order valence-electron chi connectivity index (χ1n) is 5.74. The molecule has 0 aliphatic carbocycles. The minimum atomic E-state index is -3.76. The summed E-state index contributed by atoms with van der Waals surface area (Å²) in [6.45, 7) is -0.156. The van der Waals surface area contributed by atoms with Crippen LogP contribution in [0.1, 0.15) is 5.56 Å². The number of esters is 1. The molecule has 0 amide bonds. The quantitative estimate of drug-likeness (QED) is 0.613. The van der Waals surface area contributed by atoms with Crippen LogP contribution >= 0.6 is 0 Å². The molecule has 0 heterocycles. The number of sulfonamides is 1. The van der Waals surface area contributed by atoms with Crippen molar-refractivity contribution >= 4 is 16.0 Å². The molecular weight excluding hydrogens is 280 g/mol. The molecule has 0 atom stereocenters.